The van der Waals surface area contributed by atoms with E-state index in [2.05, 4.69) is 16.5 Å². The number of nitrogens with one attached hydrogen (secondary N) is 1. The molecule has 0 aromatic heterocycles. The first-order valence-corrected chi connectivity index (χ1v) is 3.36. The van der Waals surface area contributed by atoms with E-state index >= 15 is 0 Å². The Labute approximate surface area is 54.7 Å². The Morgan fingerprint density at radius 1 is 1.44 bits per heavy atom. The van der Waals surface area contributed by atoms with Crippen molar-refractivity contribution in [3.63, 3.8) is 0 Å². The van der Waals surface area contributed by atoms with Gasteiger partial charge in [-0.3, -0.25) is 4.99 Å². The molecule has 0 bridgehead atoms. The molecule has 0 aromatic rings. The van der Waals surface area contributed by atoms with Crippen molar-refractivity contribution in [1.29, 1.82) is 0 Å². The standard InChI is InChI=1S/C7H9N2/c1-2-6-7(3-1)9-5-4-8-6/h8H,1-4H2. The van der Waals surface area contributed by atoms with Crippen LogP contribution in [-0.2, 0) is 0 Å². The van der Waals surface area contributed by atoms with Gasteiger partial charge < -0.3 is 5.32 Å². The zero-order valence-electron chi connectivity index (χ0n) is 5.28. The van der Waals surface area contributed by atoms with Crippen molar-refractivity contribution in [2.24, 2.45) is 4.99 Å². The molecular formula is C7H9N2. The van der Waals surface area contributed by atoms with Crippen LogP contribution in [0.25, 0.3) is 0 Å². The molecule has 0 atom stereocenters. The fourth-order valence-electron chi connectivity index (χ4n) is 1.32. The van der Waals surface area contributed by atoms with Crippen LogP contribution in [0.5, 0.6) is 0 Å². The topological polar surface area (TPSA) is 24.4 Å². The quantitative estimate of drug-likeness (QED) is 0.506. The highest BCUT2D eigenvalue weighted by molar-refractivity contribution is 5.63. The van der Waals surface area contributed by atoms with Crippen molar-refractivity contribution in [3.8, 4) is 0 Å². The fraction of sp³-hybridized carbons (Fsp3) is 0.571. The summed E-state index contributed by atoms with van der Waals surface area (Å²) < 4.78 is 0. The van der Waals surface area contributed by atoms with Crippen molar-refractivity contribution >= 4 is 6.21 Å². The Morgan fingerprint density at radius 3 is 3.33 bits per heavy atom. The molecule has 0 saturated heterocycles. The molecular weight excluding hydrogens is 112 g/mol. The predicted octanol–water partition coefficient (Wildman–Crippen LogP) is 0.933. The van der Waals surface area contributed by atoms with Gasteiger partial charge in [0.05, 0.1) is 18.5 Å². The van der Waals surface area contributed by atoms with Crippen LogP contribution in [0.1, 0.15) is 19.3 Å². The molecule has 0 saturated carbocycles. The van der Waals surface area contributed by atoms with E-state index in [1.807, 2.05) is 0 Å². The Balaban J connectivity index is 2.28. The Hall–Kier alpha value is -0.790. The maximum Gasteiger partial charge on any atom is 0.0831 e. The predicted molar refractivity (Wildman–Crippen MR) is 36.3 cm³/mol. The third-order valence-corrected chi connectivity index (χ3v) is 1.78. The SMILES string of the molecule is [C]1=NC2=C(CCC2)NC1. The summed E-state index contributed by atoms with van der Waals surface area (Å²) in [6, 6.07) is 0. The highest BCUT2D eigenvalue weighted by Crippen LogP contribution is 2.25. The molecule has 1 N–H and O–H groups in total. The van der Waals surface area contributed by atoms with Gasteiger partial charge in [-0.15, -0.1) is 0 Å². The average molecular weight is 121 g/mol. The Morgan fingerprint density at radius 2 is 2.44 bits per heavy atom. The minimum atomic E-state index is 0.804. The lowest BCUT2D eigenvalue weighted by Gasteiger charge is -2.08. The summed E-state index contributed by atoms with van der Waals surface area (Å²) in [5, 5.41) is 3.26. The normalized spacial score (nSPS) is 24.0. The van der Waals surface area contributed by atoms with E-state index in [-0.39, 0.29) is 0 Å². The smallest absolute Gasteiger partial charge is 0.0831 e. The van der Waals surface area contributed by atoms with Gasteiger partial charge in [-0.1, -0.05) is 0 Å². The molecule has 0 amide bonds. The highest BCUT2D eigenvalue weighted by Gasteiger charge is 2.14. The van der Waals surface area contributed by atoms with Crippen LogP contribution in [0.3, 0.4) is 0 Å². The lowest BCUT2D eigenvalue weighted by atomic mass is 10.3. The van der Waals surface area contributed by atoms with Gasteiger partial charge in [-0.2, -0.15) is 0 Å². The van der Waals surface area contributed by atoms with Crippen LogP contribution in [-0.4, -0.2) is 12.8 Å². The second-order valence-electron chi connectivity index (χ2n) is 2.40. The molecule has 2 heteroatoms. The van der Waals surface area contributed by atoms with Gasteiger partial charge in [0.1, 0.15) is 0 Å². The van der Waals surface area contributed by atoms with Gasteiger partial charge in [0.2, 0.25) is 0 Å². The summed E-state index contributed by atoms with van der Waals surface area (Å²) in [6.07, 6.45) is 6.52. The van der Waals surface area contributed by atoms with E-state index in [0.29, 0.717) is 0 Å². The van der Waals surface area contributed by atoms with Gasteiger partial charge in [0.25, 0.3) is 0 Å². The van der Waals surface area contributed by atoms with Gasteiger partial charge in [0.15, 0.2) is 0 Å². The highest BCUT2D eigenvalue weighted by atomic mass is 15.0. The molecule has 1 aliphatic carbocycles. The van der Waals surface area contributed by atoms with Crippen LogP contribution in [0, 0.1) is 0 Å². The summed E-state index contributed by atoms with van der Waals surface area (Å²) in [7, 11) is 0. The lowest BCUT2D eigenvalue weighted by Crippen LogP contribution is -2.18. The van der Waals surface area contributed by atoms with E-state index in [9.17, 15) is 0 Å². The first-order valence-electron chi connectivity index (χ1n) is 3.36. The summed E-state index contributed by atoms with van der Waals surface area (Å²) >= 11 is 0. The lowest BCUT2D eigenvalue weighted by molar-refractivity contribution is 0.829. The van der Waals surface area contributed by atoms with E-state index in [1.54, 1.807) is 0 Å². The third kappa shape index (κ3) is 0.745. The van der Waals surface area contributed by atoms with E-state index in [0.717, 1.165) is 13.0 Å². The minimum Gasteiger partial charge on any atom is -0.381 e. The van der Waals surface area contributed by atoms with Crippen LogP contribution < -0.4 is 5.32 Å². The van der Waals surface area contributed by atoms with E-state index < -0.39 is 0 Å². The summed E-state index contributed by atoms with van der Waals surface area (Å²) in [5.74, 6) is 0. The molecule has 1 radical (unpaired) electrons. The molecule has 0 fully saturated rings. The molecule has 0 spiro atoms. The second kappa shape index (κ2) is 1.87. The van der Waals surface area contributed by atoms with Crippen LogP contribution >= 0.6 is 0 Å². The average Bonchev–Trinajstić information content (AvgIpc) is 2.33. The summed E-state index contributed by atoms with van der Waals surface area (Å²) in [4.78, 5) is 4.16. The van der Waals surface area contributed by atoms with Gasteiger partial charge in [-0.25, -0.2) is 0 Å². The monoisotopic (exact) mass is 121 g/mol. The van der Waals surface area contributed by atoms with Gasteiger partial charge >= 0.3 is 0 Å². The maximum atomic E-state index is 4.16. The molecule has 0 aromatic carbocycles. The first-order chi connectivity index (χ1) is 4.47. The molecule has 47 valence electrons. The molecule has 2 rings (SSSR count). The number of hydrogen-bond donors (Lipinski definition) is 1. The van der Waals surface area contributed by atoms with Crippen LogP contribution in [0.4, 0.5) is 0 Å². The Kier molecular flexibility index (Phi) is 1.04. The first kappa shape index (κ1) is 5.03. The maximum absolute atomic E-state index is 4.16. The van der Waals surface area contributed by atoms with Crippen molar-refractivity contribution in [3.05, 3.63) is 11.4 Å². The van der Waals surface area contributed by atoms with Crippen molar-refractivity contribution in [2.75, 3.05) is 6.54 Å². The number of nitrogens with zero attached hydrogens (tertiary/aromatic N) is 1. The molecule has 2 aliphatic rings. The number of allylic oxidation sites excluding steroid dienone is 2. The fourth-order valence-corrected chi connectivity index (χ4v) is 1.32. The Bertz CT molecular complexity index is 179. The third-order valence-electron chi connectivity index (χ3n) is 1.78. The molecule has 2 nitrogen and oxygen atoms in total. The number of rotatable bonds is 0. The summed E-state index contributed by atoms with van der Waals surface area (Å²) in [6.45, 7) is 0.804. The zero-order valence-corrected chi connectivity index (χ0v) is 5.28. The molecule has 9 heavy (non-hydrogen) atoms. The molecule has 0 unspecified atom stereocenters. The minimum absolute atomic E-state index is 0.804. The number of hydrogen-bond acceptors (Lipinski definition) is 2. The van der Waals surface area contributed by atoms with Crippen molar-refractivity contribution in [2.45, 2.75) is 19.3 Å². The molecule has 1 heterocycles. The van der Waals surface area contributed by atoms with Gasteiger partial charge in [0, 0.05) is 5.70 Å². The molecule has 1 aliphatic heterocycles. The van der Waals surface area contributed by atoms with E-state index in [4.69, 9.17) is 0 Å². The van der Waals surface area contributed by atoms with Crippen molar-refractivity contribution < 1.29 is 0 Å². The van der Waals surface area contributed by atoms with E-state index in [1.165, 1.54) is 24.2 Å². The number of aliphatic imine (C=N–C) groups is 1. The largest absolute Gasteiger partial charge is 0.381 e. The van der Waals surface area contributed by atoms with Gasteiger partial charge in [-0.05, 0) is 19.3 Å². The van der Waals surface area contributed by atoms with Crippen molar-refractivity contribution in [1.82, 2.24) is 5.32 Å². The zero-order chi connectivity index (χ0) is 6.10. The van der Waals surface area contributed by atoms with Crippen LogP contribution in [0.2, 0.25) is 0 Å². The summed E-state index contributed by atoms with van der Waals surface area (Å²) in [5.41, 5.74) is 2.59. The van der Waals surface area contributed by atoms with Crippen LogP contribution in [0.15, 0.2) is 16.4 Å². The second-order valence-corrected chi connectivity index (χ2v) is 2.40.